The van der Waals surface area contributed by atoms with Gasteiger partial charge >= 0.3 is 0 Å². The smallest absolute Gasteiger partial charge is 0.186 e. The van der Waals surface area contributed by atoms with Gasteiger partial charge in [-0.2, -0.15) is 5.10 Å². The molecule has 1 aliphatic rings. The minimum absolute atomic E-state index is 0.114. The summed E-state index contributed by atoms with van der Waals surface area (Å²) in [5.41, 5.74) is 0.732. The van der Waals surface area contributed by atoms with E-state index in [1.54, 1.807) is 6.20 Å². The first kappa shape index (κ1) is 11.8. The van der Waals surface area contributed by atoms with E-state index in [0.29, 0.717) is 0 Å². The van der Waals surface area contributed by atoms with Crippen molar-refractivity contribution in [1.29, 1.82) is 0 Å². The largest absolute Gasteiger partial charge is 0.316 e. The summed E-state index contributed by atoms with van der Waals surface area (Å²) in [6.45, 7) is 4.62. The van der Waals surface area contributed by atoms with Gasteiger partial charge in [-0.05, 0) is 35.3 Å². The number of carbonyl (C=O) groups excluding carboxylic acids is 1. The SMILES string of the molecule is CCCn1ncc(Br)c1C(=O)C1CCNC1. The Labute approximate surface area is 104 Å². The van der Waals surface area contributed by atoms with Crippen molar-refractivity contribution >= 4 is 21.7 Å². The van der Waals surface area contributed by atoms with Crippen molar-refractivity contribution in [2.24, 2.45) is 5.92 Å². The molecular weight excluding hydrogens is 270 g/mol. The molecule has 2 rings (SSSR count). The maximum absolute atomic E-state index is 12.3. The number of nitrogens with zero attached hydrogens (tertiary/aromatic N) is 2. The van der Waals surface area contributed by atoms with E-state index in [2.05, 4.69) is 33.3 Å². The second-order valence-electron chi connectivity index (χ2n) is 4.12. The van der Waals surface area contributed by atoms with Crippen LogP contribution >= 0.6 is 15.9 Å². The number of aromatic nitrogens is 2. The molecule has 1 fully saturated rings. The van der Waals surface area contributed by atoms with E-state index in [9.17, 15) is 4.79 Å². The van der Waals surface area contributed by atoms with Gasteiger partial charge in [-0.1, -0.05) is 6.92 Å². The molecule has 0 radical (unpaired) electrons. The van der Waals surface area contributed by atoms with Crippen LogP contribution in [0.25, 0.3) is 0 Å². The molecule has 0 amide bonds. The quantitative estimate of drug-likeness (QED) is 0.859. The predicted octanol–water partition coefficient (Wildman–Crippen LogP) is 1.85. The molecule has 5 heteroatoms. The zero-order valence-corrected chi connectivity index (χ0v) is 11.0. The summed E-state index contributed by atoms with van der Waals surface area (Å²) >= 11 is 3.41. The van der Waals surface area contributed by atoms with Gasteiger partial charge in [0.1, 0.15) is 5.69 Å². The van der Waals surface area contributed by atoms with Crippen LogP contribution in [0.3, 0.4) is 0 Å². The Kier molecular flexibility index (Phi) is 3.76. The highest BCUT2D eigenvalue weighted by Gasteiger charge is 2.27. The van der Waals surface area contributed by atoms with Gasteiger partial charge < -0.3 is 5.32 Å². The first-order valence-electron chi connectivity index (χ1n) is 5.70. The predicted molar refractivity (Wildman–Crippen MR) is 65.5 cm³/mol. The van der Waals surface area contributed by atoms with Gasteiger partial charge in [0, 0.05) is 19.0 Å². The third-order valence-electron chi connectivity index (χ3n) is 2.89. The molecule has 1 saturated heterocycles. The van der Waals surface area contributed by atoms with Gasteiger partial charge in [-0.25, -0.2) is 0 Å². The number of hydrogen-bond donors (Lipinski definition) is 1. The van der Waals surface area contributed by atoms with E-state index in [-0.39, 0.29) is 11.7 Å². The molecule has 1 aromatic rings. The Balaban J connectivity index is 2.23. The van der Waals surface area contributed by atoms with Gasteiger partial charge in [-0.15, -0.1) is 0 Å². The highest BCUT2D eigenvalue weighted by atomic mass is 79.9. The topological polar surface area (TPSA) is 46.9 Å². The Morgan fingerprint density at radius 1 is 1.75 bits per heavy atom. The van der Waals surface area contributed by atoms with E-state index < -0.39 is 0 Å². The Bertz CT molecular complexity index is 383. The van der Waals surface area contributed by atoms with Crippen LogP contribution in [0.5, 0.6) is 0 Å². The van der Waals surface area contributed by atoms with Gasteiger partial charge in [0.05, 0.1) is 10.7 Å². The van der Waals surface area contributed by atoms with Crippen molar-refractivity contribution in [3.8, 4) is 0 Å². The van der Waals surface area contributed by atoms with E-state index in [1.807, 2.05) is 4.68 Å². The van der Waals surface area contributed by atoms with Gasteiger partial charge in [-0.3, -0.25) is 9.48 Å². The van der Waals surface area contributed by atoms with Crippen LogP contribution in [-0.2, 0) is 6.54 Å². The number of halogens is 1. The molecule has 4 nitrogen and oxygen atoms in total. The van der Waals surface area contributed by atoms with Gasteiger partial charge in [0.15, 0.2) is 5.78 Å². The maximum Gasteiger partial charge on any atom is 0.186 e. The van der Waals surface area contributed by atoms with E-state index in [1.165, 1.54) is 0 Å². The number of aryl methyl sites for hydroxylation is 1. The zero-order chi connectivity index (χ0) is 11.5. The van der Waals surface area contributed by atoms with E-state index >= 15 is 0 Å². The van der Waals surface area contributed by atoms with Crippen LogP contribution in [0.15, 0.2) is 10.7 Å². The molecule has 1 aromatic heterocycles. The summed E-state index contributed by atoms with van der Waals surface area (Å²) in [6, 6.07) is 0. The molecule has 1 aliphatic heterocycles. The lowest BCUT2D eigenvalue weighted by molar-refractivity contribution is 0.0918. The number of hydrogen-bond acceptors (Lipinski definition) is 3. The molecule has 16 heavy (non-hydrogen) atoms. The fraction of sp³-hybridized carbons (Fsp3) is 0.636. The average molecular weight is 286 g/mol. The molecule has 0 saturated carbocycles. The number of rotatable bonds is 4. The van der Waals surface area contributed by atoms with Crippen LogP contribution in [0.1, 0.15) is 30.3 Å². The molecule has 0 spiro atoms. The van der Waals surface area contributed by atoms with E-state index in [4.69, 9.17) is 0 Å². The summed E-state index contributed by atoms with van der Waals surface area (Å²) in [7, 11) is 0. The van der Waals surface area contributed by atoms with Crippen LogP contribution in [0.2, 0.25) is 0 Å². The van der Waals surface area contributed by atoms with E-state index in [0.717, 1.165) is 42.6 Å². The van der Waals surface area contributed by atoms with Crippen molar-refractivity contribution in [3.05, 3.63) is 16.4 Å². The Morgan fingerprint density at radius 3 is 3.19 bits per heavy atom. The first-order chi connectivity index (χ1) is 7.74. The minimum Gasteiger partial charge on any atom is -0.316 e. The molecule has 0 aromatic carbocycles. The molecule has 2 heterocycles. The average Bonchev–Trinajstić information content (AvgIpc) is 2.88. The second-order valence-corrected chi connectivity index (χ2v) is 4.97. The minimum atomic E-state index is 0.114. The summed E-state index contributed by atoms with van der Waals surface area (Å²) in [4.78, 5) is 12.3. The normalized spacial score (nSPS) is 20.2. The number of nitrogens with one attached hydrogen (secondary N) is 1. The molecular formula is C11H16BrN3O. The van der Waals surface area contributed by atoms with Crippen LogP contribution < -0.4 is 5.32 Å². The standard InChI is InChI=1S/C11H16BrN3O/c1-2-5-15-10(9(12)7-14-15)11(16)8-3-4-13-6-8/h7-8,13H,2-6H2,1H3. The highest BCUT2D eigenvalue weighted by molar-refractivity contribution is 9.10. The second kappa shape index (κ2) is 5.10. The van der Waals surface area contributed by atoms with Crippen molar-refractivity contribution < 1.29 is 4.79 Å². The lowest BCUT2D eigenvalue weighted by Crippen LogP contribution is -2.21. The monoisotopic (exact) mass is 285 g/mol. The number of carbonyl (C=O) groups is 1. The lowest BCUT2D eigenvalue weighted by atomic mass is 10.0. The summed E-state index contributed by atoms with van der Waals surface area (Å²) in [6.07, 6.45) is 3.63. The summed E-state index contributed by atoms with van der Waals surface area (Å²) < 4.78 is 2.63. The third kappa shape index (κ3) is 2.20. The molecule has 1 atom stereocenters. The van der Waals surface area contributed by atoms with Crippen molar-refractivity contribution in [2.75, 3.05) is 13.1 Å². The van der Waals surface area contributed by atoms with Crippen molar-refractivity contribution in [1.82, 2.24) is 15.1 Å². The lowest BCUT2D eigenvalue weighted by Gasteiger charge is -2.10. The number of ketones is 1. The fourth-order valence-corrected chi connectivity index (χ4v) is 2.55. The number of Topliss-reactive ketones (excluding diaryl/α,β-unsaturated/α-hetero) is 1. The highest BCUT2D eigenvalue weighted by Crippen LogP contribution is 2.22. The van der Waals surface area contributed by atoms with Gasteiger partial charge in [0.25, 0.3) is 0 Å². The Hall–Kier alpha value is -0.680. The molecule has 0 aliphatic carbocycles. The van der Waals surface area contributed by atoms with Crippen molar-refractivity contribution in [3.63, 3.8) is 0 Å². The maximum atomic E-state index is 12.3. The zero-order valence-electron chi connectivity index (χ0n) is 9.37. The molecule has 0 bridgehead atoms. The Morgan fingerprint density at radius 2 is 2.56 bits per heavy atom. The van der Waals surface area contributed by atoms with Crippen molar-refractivity contribution in [2.45, 2.75) is 26.3 Å². The third-order valence-corrected chi connectivity index (χ3v) is 3.48. The van der Waals surface area contributed by atoms with Gasteiger partial charge in [0.2, 0.25) is 0 Å². The summed E-state index contributed by atoms with van der Waals surface area (Å²) in [5, 5.41) is 7.45. The van der Waals surface area contributed by atoms with Crippen LogP contribution in [0, 0.1) is 5.92 Å². The van der Waals surface area contributed by atoms with Crippen LogP contribution in [-0.4, -0.2) is 28.7 Å². The molecule has 88 valence electrons. The molecule has 1 N–H and O–H groups in total. The molecule has 1 unspecified atom stereocenters. The van der Waals surface area contributed by atoms with Crippen LogP contribution in [0.4, 0.5) is 0 Å². The fourth-order valence-electron chi connectivity index (χ4n) is 2.06. The first-order valence-corrected chi connectivity index (χ1v) is 6.49. The summed E-state index contributed by atoms with van der Waals surface area (Å²) in [5.74, 6) is 0.325.